The Labute approximate surface area is 315 Å². The van der Waals surface area contributed by atoms with Crippen LogP contribution in [0.3, 0.4) is 0 Å². The summed E-state index contributed by atoms with van der Waals surface area (Å²) in [5.74, 6) is 1.02. The summed E-state index contributed by atoms with van der Waals surface area (Å²) in [5, 5.41) is 22.9. The van der Waals surface area contributed by atoms with E-state index < -0.39 is 27.8 Å². The van der Waals surface area contributed by atoms with Crippen LogP contribution in [0.25, 0.3) is 0 Å². The zero-order valence-electron chi connectivity index (χ0n) is 35.6. The summed E-state index contributed by atoms with van der Waals surface area (Å²) in [6.07, 6.45) is 14.8. The molecule has 0 saturated heterocycles. The summed E-state index contributed by atoms with van der Waals surface area (Å²) in [4.78, 5) is 0. The van der Waals surface area contributed by atoms with E-state index in [4.69, 9.17) is 18.3 Å². The molecule has 4 rings (SSSR count). The predicted molar refractivity (Wildman–Crippen MR) is 217 cm³/mol. The third-order valence-electron chi connectivity index (χ3n) is 14.8. The molecule has 0 radical (unpaired) electrons. The van der Waals surface area contributed by atoms with Gasteiger partial charge in [-0.05, 0) is 99.5 Å². The molecule has 8 atom stereocenters. The van der Waals surface area contributed by atoms with Gasteiger partial charge in [0, 0.05) is 37.9 Å². The second kappa shape index (κ2) is 15.2. The normalized spacial score (nSPS) is 32.5. The number of rotatable bonds is 15. The van der Waals surface area contributed by atoms with Gasteiger partial charge in [0.05, 0.1) is 36.6 Å². The van der Waals surface area contributed by atoms with Gasteiger partial charge in [-0.1, -0.05) is 97.3 Å². The zero-order chi connectivity index (χ0) is 38.5. The first-order valence-electron chi connectivity index (χ1n) is 20.3. The quantitative estimate of drug-likeness (QED) is 0.128. The number of ether oxygens (including phenoxy) is 2. The highest BCUT2D eigenvalue weighted by molar-refractivity contribution is 6.74. The number of allylic oxidation sites excluding steroid dienone is 5. The summed E-state index contributed by atoms with van der Waals surface area (Å²) in [7, 11) is -3.95. The maximum atomic E-state index is 11.5. The molecule has 0 aromatic rings. The second-order valence-corrected chi connectivity index (χ2v) is 30.5. The molecule has 0 amide bonds. The topological polar surface area (TPSA) is 77.4 Å². The van der Waals surface area contributed by atoms with Crippen molar-refractivity contribution in [1.29, 1.82) is 0 Å². The van der Waals surface area contributed by atoms with E-state index in [1.807, 2.05) is 13.8 Å². The number of hydrogen-bond acceptors (Lipinski definition) is 6. The van der Waals surface area contributed by atoms with Crippen molar-refractivity contribution in [3.05, 3.63) is 34.9 Å². The van der Waals surface area contributed by atoms with E-state index in [0.717, 1.165) is 25.7 Å². The average Bonchev–Trinajstić information content (AvgIpc) is 3.35. The molecular weight excluding hydrogens is 669 g/mol. The van der Waals surface area contributed by atoms with Gasteiger partial charge in [-0.3, -0.25) is 0 Å². The molecule has 4 unspecified atom stereocenters. The lowest BCUT2D eigenvalue weighted by Crippen LogP contribution is -2.53. The summed E-state index contributed by atoms with van der Waals surface area (Å²) in [6.45, 7) is 35.0. The van der Waals surface area contributed by atoms with Crippen molar-refractivity contribution < 1.29 is 28.5 Å². The van der Waals surface area contributed by atoms with Gasteiger partial charge < -0.3 is 28.5 Å². The Morgan fingerprint density at radius 3 is 1.82 bits per heavy atom. The zero-order valence-corrected chi connectivity index (χ0v) is 37.6. The van der Waals surface area contributed by atoms with Crippen LogP contribution in [-0.4, -0.2) is 76.7 Å². The van der Waals surface area contributed by atoms with E-state index in [2.05, 4.69) is 107 Å². The SMILES string of the molecule is CCC1=CC[C@H]2C3=CC=C4CC(OCCC(C)(O)CO[Si](C)(C)C(C)(C)C)CC(OCCC(C)(O)CO[Si](C)(C)C(C)(C)C)[C@]4(C)[C@H]3CC[C@]12C. The Bertz CT molecular complexity index is 1310. The Morgan fingerprint density at radius 1 is 0.784 bits per heavy atom. The van der Waals surface area contributed by atoms with Crippen molar-refractivity contribution in [2.75, 3.05) is 26.4 Å². The highest BCUT2D eigenvalue weighted by Crippen LogP contribution is 2.64. The van der Waals surface area contributed by atoms with Crippen molar-refractivity contribution in [3.8, 4) is 0 Å². The van der Waals surface area contributed by atoms with Crippen molar-refractivity contribution in [2.24, 2.45) is 22.7 Å². The first-order chi connectivity index (χ1) is 23.2. The summed E-state index contributed by atoms with van der Waals surface area (Å²) >= 11 is 0. The fraction of sp³-hybridized carbons (Fsp3) is 0.860. The lowest BCUT2D eigenvalue weighted by Gasteiger charge is -2.57. The smallest absolute Gasteiger partial charge is 0.192 e. The largest absolute Gasteiger partial charge is 0.414 e. The minimum absolute atomic E-state index is 0.0116. The summed E-state index contributed by atoms with van der Waals surface area (Å²) in [5.41, 5.74) is 2.93. The van der Waals surface area contributed by atoms with Gasteiger partial charge in [0.15, 0.2) is 16.6 Å². The maximum Gasteiger partial charge on any atom is 0.192 e. The first kappa shape index (κ1) is 43.1. The fourth-order valence-corrected chi connectivity index (χ4v) is 10.9. The molecule has 2 saturated carbocycles. The van der Waals surface area contributed by atoms with Crippen LogP contribution in [-0.2, 0) is 18.3 Å². The molecule has 4 aliphatic rings. The second-order valence-electron chi connectivity index (χ2n) is 20.9. The average molecular weight is 747 g/mol. The molecule has 0 aromatic carbocycles. The number of aliphatic hydroxyl groups is 2. The van der Waals surface area contributed by atoms with Gasteiger partial charge >= 0.3 is 0 Å². The van der Waals surface area contributed by atoms with Crippen molar-refractivity contribution in [2.45, 2.75) is 187 Å². The summed E-state index contributed by atoms with van der Waals surface area (Å²) < 4.78 is 26.4. The third kappa shape index (κ3) is 9.28. The van der Waals surface area contributed by atoms with Gasteiger partial charge in [0.25, 0.3) is 0 Å². The van der Waals surface area contributed by atoms with Crippen LogP contribution >= 0.6 is 0 Å². The number of fused-ring (bicyclic) bond motifs is 5. The van der Waals surface area contributed by atoms with E-state index in [1.165, 1.54) is 18.4 Å². The van der Waals surface area contributed by atoms with E-state index in [-0.39, 0.29) is 33.1 Å². The molecule has 0 spiro atoms. The highest BCUT2D eigenvalue weighted by Gasteiger charge is 2.57. The van der Waals surface area contributed by atoms with Crippen molar-refractivity contribution in [1.82, 2.24) is 0 Å². The lowest BCUT2D eigenvalue weighted by atomic mass is 9.49. The molecular formula is C43H78O6Si2. The molecule has 0 aliphatic heterocycles. The summed E-state index contributed by atoms with van der Waals surface area (Å²) in [6, 6.07) is 0. The van der Waals surface area contributed by atoms with Gasteiger partial charge in [-0.2, -0.15) is 0 Å². The highest BCUT2D eigenvalue weighted by atomic mass is 28.4. The van der Waals surface area contributed by atoms with Gasteiger partial charge in [-0.25, -0.2) is 0 Å². The fourth-order valence-electron chi connectivity index (χ4n) is 8.71. The molecule has 2 fully saturated rings. The standard InChI is InChI=1S/C43H78O6Si2/c1-16-31-18-20-35-34-19-17-32-27-33(46-25-23-40(8,44)29-48-50(12,13)38(2,3)4)28-37(43(32,11)36(34)21-22-42(31,35)10)47-26-24-41(9,45)30-49-51(14,15)39(5,6)7/h17-19,33,35-37,44-45H,16,20-30H2,1-15H3/t33?,35-,36-,37?,40?,41?,42+,43-/m0/s1. The third-order valence-corrected chi connectivity index (χ3v) is 23.7. The van der Waals surface area contributed by atoms with E-state index in [1.54, 1.807) is 11.1 Å². The Balaban J connectivity index is 1.49. The van der Waals surface area contributed by atoms with Crippen LogP contribution in [0.4, 0.5) is 0 Å². The first-order valence-corrected chi connectivity index (χ1v) is 26.1. The molecule has 6 nitrogen and oxygen atoms in total. The van der Waals surface area contributed by atoms with E-state index in [9.17, 15) is 10.2 Å². The Hall–Kier alpha value is -0.586. The predicted octanol–water partition coefficient (Wildman–Crippen LogP) is 10.5. The Kier molecular flexibility index (Phi) is 12.8. The van der Waals surface area contributed by atoms with Gasteiger partial charge in [0.1, 0.15) is 0 Å². The van der Waals surface area contributed by atoms with E-state index in [0.29, 0.717) is 51.1 Å². The van der Waals surface area contributed by atoms with Gasteiger partial charge in [-0.15, -0.1) is 0 Å². The van der Waals surface area contributed by atoms with Gasteiger partial charge in [0.2, 0.25) is 0 Å². The van der Waals surface area contributed by atoms with E-state index >= 15 is 0 Å². The molecule has 0 heterocycles. The molecule has 51 heavy (non-hydrogen) atoms. The minimum atomic E-state index is -1.98. The van der Waals surface area contributed by atoms with Crippen LogP contribution in [0.15, 0.2) is 34.9 Å². The Morgan fingerprint density at radius 2 is 1.31 bits per heavy atom. The molecule has 0 bridgehead atoms. The van der Waals surface area contributed by atoms with Crippen LogP contribution in [0.1, 0.15) is 128 Å². The maximum absolute atomic E-state index is 11.5. The molecule has 294 valence electrons. The minimum Gasteiger partial charge on any atom is -0.414 e. The molecule has 4 aliphatic carbocycles. The lowest BCUT2D eigenvalue weighted by molar-refractivity contribution is -0.119. The van der Waals surface area contributed by atoms with Crippen LogP contribution in [0, 0.1) is 22.7 Å². The van der Waals surface area contributed by atoms with Crippen molar-refractivity contribution in [3.63, 3.8) is 0 Å². The number of hydrogen-bond donors (Lipinski definition) is 2. The molecule has 8 heteroatoms. The molecule has 2 N–H and O–H groups in total. The van der Waals surface area contributed by atoms with Crippen LogP contribution < -0.4 is 0 Å². The molecule has 0 aromatic heterocycles. The van der Waals surface area contributed by atoms with Crippen LogP contribution in [0.2, 0.25) is 36.3 Å². The van der Waals surface area contributed by atoms with Crippen molar-refractivity contribution >= 4 is 16.6 Å². The monoisotopic (exact) mass is 747 g/mol. The van der Waals surface area contributed by atoms with Crippen LogP contribution in [0.5, 0.6) is 0 Å².